The molecule has 1 heterocycles. The second-order valence-electron chi connectivity index (χ2n) is 7.87. The van der Waals surface area contributed by atoms with E-state index in [1.54, 1.807) is 30.3 Å². The van der Waals surface area contributed by atoms with Crippen LogP contribution < -0.4 is 21.7 Å². The van der Waals surface area contributed by atoms with Crippen molar-refractivity contribution in [2.45, 2.75) is 50.4 Å². The SMILES string of the molecule is CC(NC(=O)C(Cc1ccccc1)NC(=O)C(N)Cc1cnc[nH]1)C(=O)NC(CC(=O)O)C(=O)O. The summed E-state index contributed by atoms with van der Waals surface area (Å²) in [6.45, 7) is 1.30. The van der Waals surface area contributed by atoms with Gasteiger partial charge in [0.25, 0.3) is 0 Å². The molecule has 0 saturated heterocycles. The van der Waals surface area contributed by atoms with Gasteiger partial charge in [-0.25, -0.2) is 9.78 Å². The Morgan fingerprint density at radius 3 is 2.17 bits per heavy atom. The monoisotopic (exact) mass is 488 g/mol. The number of nitrogens with two attached hydrogens (primary N) is 1. The molecule has 0 aliphatic heterocycles. The van der Waals surface area contributed by atoms with E-state index in [2.05, 4.69) is 25.9 Å². The Bertz CT molecular complexity index is 1030. The molecule has 0 saturated carbocycles. The lowest BCUT2D eigenvalue weighted by atomic mass is 10.0. The topological polar surface area (TPSA) is 217 Å². The number of amides is 3. The fraction of sp³-hybridized carbons (Fsp3) is 0.364. The molecule has 2 aromatic rings. The minimum atomic E-state index is -1.67. The highest BCUT2D eigenvalue weighted by Gasteiger charge is 2.29. The summed E-state index contributed by atoms with van der Waals surface area (Å²) in [6.07, 6.45) is 2.40. The third kappa shape index (κ3) is 8.89. The van der Waals surface area contributed by atoms with Crippen molar-refractivity contribution in [3.8, 4) is 0 Å². The summed E-state index contributed by atoms with van der Waals surface area (Å²) in [5, 5.41) is 25.0. The second-order valence-corrected chi connectivity index (χ2v) is 7.87. The Balaban J connectivity index is 2.07. The van der Waals surface area contributed by atoms with Crippen molar-refractivity contribution < 1.29 is 34.2 Å². The molecule has 0 spiro atoms. The number of benzene rings is 1. The lowest BCUT2D eigenvalue weighted by molar-refractivity contribution is -0.147. The summed E-state index contributed by atoms with van der Waals surface area (Å²) < 4.78 is 0. The zero-order valence-corrected chi connectivity index (χ0v) is 18.9. The molecule has 13 nitrogen and oxygen atoms in total. The first-order valence-corrected chi connectivity index (χ1v) is 10.7. The molecular formula is C22H28N6O7. The number of aromatic nitrogens is 2. The van der Waals surface area contributed by atoms with Crippen LogP contribution in [0.3, 0.4) is 0 Å². The smallest absolute Gasteiger partial charge is 0.326 e. The summed E-state index contributed by atoms with van der Waals surface area (Å²) in [7, 11) is 0. The van der Waals surface area contributed by atoms with E-state index in [-0.39, 0.29) is 12.8 Å². The predicted octanol–water partition coefficient (Wildman–Crippen LogP) is -1.44. The lowest BCUT2D eigenvalue weighted by Crippen LogP contribution is -2.57. The van der Waals surface area contributed by atoms with Crippen LogP contribution in [0.5, 0.6) is 0 Å². The van der Waals surface area contributed by atoms with Crippen LogP contribution >= 0.6 is 0 Å². The number of hydrogen-bond donors (Lipinski definition) is 7. The van der Waals surface area contributed by atoms with E-state index in [0.717, 1.165) is 5.56 Å². The van der Waals surface area contributed by atoms with Gasteiger partial charge in [-0.15, -0.1) is 0 Å². The first kappa shape index (κ1) is 27.0. The van der Waals surface area contributed by atoms with Gasteiger partial charge in [-0.3, -0.25) is 19.2 Å². The normalized spacial score (nSPS) is 14.1. The molecule has 3 amide bonds. The van der Waals surface area contributed by atoms with Crippen molar-refractivity contribution in [1.82, 2.24) is 25.9 Å². The maximum atomic E-state index is 13.0. The number of carbonyl (C=O) groups excluding carboxylic acids is 3. The molecule has 0 aliphatic rings. The van der Waals surface area contributed by atoms with E-state index < -0.39 is 60.2 Å². The van der Waals surface area contributed by atoms with Gasteiger partial charge in [0.15, 0.2) is 0 Å². The van der Waals surface area contributed by atoms with Gasteiger partial charge in [0, 0.05) is 24.7 Å². The number of rotatable bonds is 13. The van der Waals surface area contributed by atoms with Crippen LogP contribution in [0.4, 0.5) is 0 Å². The number of nitrogens with one attached hydrogen (secondary N) is 4. The van der Waals surface area contributed by atoms with Crippen LogP contribution in [0.15, 0.2) is 42.9 Å². The zero-order valence-electron chi connectivity index (χ0n) is 18.9. The van der Waals surface area contributed by atoms with Gasteiger partial charge in [0.05, 0.1) is 18.8 Å². The fourth-order valence-corrected chi connectivity index (χ4v) is 3.11. The van der Waals surface area contributed by atoms with Crippen LogP contribution in [-0.2, 0) is 36.8 Å². The van der Waals surface area contributed by atoms with Gasteiger partial charge < -0.3 is 36.9 Å². The molecule has 188 valence electrons. The number of carbonyl (C=O) groups is 5. The molecule has 8 N–H and O–H groups in total. The fourth-order valence-electron chi connectivity index (χ4n) is 3.11. The van der Waals surface area contributed by atoms with Crippen molar-refractivity contribution >= 4 is 29.7 Å². The first-order chi connectivity index (χ1) is 16.6. The molecule has 13 heteroatoms. The van der Waals surface area contributed by atoms with Crippen LogP contribution in [0.1, 0.15) is 24.6 Å². The molecule has 4 unspecified atom stereocenters. The number of H-pyrrole nitrogens is 1. The van der Waals surface area contributed by atoms with E-state index in [1.807, 2.05) is 0 Å². The highest BCUT2D eigenvalue weighted by molar-refractivity contribution is 5.94. The Hall–Kier alpha value is -4.26. The van der Waals surface area contributed by atoms with Crippen molar-refractivity contribution in [2.24, 2.45) is 5.73 Å². The van der Waals surface area contributed by atoms with Crippen molar-refractivity contribution in [3.63, 3.8) is 0 Å². The van der Waals surface area contributed by atoms with Crippen LogP contribution in [0.25, 0.3) is 0 Å². The molecule has 0 radical (unpaired) electrons. The van der Waals surface area contributed by atoms with Crippen molar-refractivity contribution in [1.29, 1.82) is 0 Å². The summed E-state index contributed by atoms with van der Waals surface area (Å²) in [5.74, 6) is -5.14. The lowest BCUT2D eigenvalue weighted by Gasteiger charge is -2.23. The number of carboxylic acids is 2. The quantitative estimate of drug-likeness (QED) is 0.175. The van der Waals surface area contributed by atoms with Crippen molar-refractivity contribution in [2.75, 3.05) is 0 Å². The van der Waals surface area contributed by atoms with Crippen LogP contribution in [-0.4, -0.2) is 74.0 Å². The van der Waals surface area contributed by atoms with Crippen molar-refractivity contribution in [3.05, 3.63) is 54.1 Å². The molecule has 0 bridgehead atoms. The molecule has 1 aromatic heterocycles. The highest BCUT2D eigenvalue weighted by Crippen LogP contribution is 2.06. The number of aromatic amines is 1. The van der Waals surface area contributed by atoms with Gasteiger partial charge in [0.2, 0.25) is 17.7 Å². The largest absolute Gasteiger partial charge is 0.481 e. The predicted molar refractivity (Wildman–Crippen MR) is 122 cm³/mol. The van der Waals surface area contributed by atoms with Crippen LogP contribution in [0.2, 0.25) is 0 Å². The molecule has 1 aromatic carbocycles. The van der Waals surface area contributed by atoms with E-state index in [9.17, 15) is 24.0 Å². The van der Waals surface area contributed by atoms with E-state index in [0.29, 0.717) is 5.69 Å². The Labute approximate surface area is 200 Å². The molecule has 2 rings (SSSR count). The zero-order chi connectivity index (χ0) is 26.0. The van der Waals surface area contributed by atoms with Gasteiger partial charge in [-0.2, -0.15) is 0 Å². The number of hydrogen-bond acceptors (Lipinski definition) is 7. The van der Waals surface area contributed by atoms with E-state index in [1.165, 1.54) is 19.4 Å². The number of aliphatic carboxylic acids is 2. The molecule has 4 atom stereocenters. The summed E-state index contributed by atoms with van der Waals surface area (Å²) in [4.78, 5) is 66.7. The van der Waals surface area contributed by atoms with Crippen LogP contribution in [0, 0.1) is 0 Å². The van der Waals surface area contributed by atoms with Gasteiger partial charge >= 0.3 is 11.9 Å². The third-order valence-electron chi connectivity index (χ3n) is 4.99. The van der Waals surface area contributed by atoms with E-state index in [4.69, 9.17) is 15.9 Å². The maximum Gasteiger partial charge on any atom is 0.326 e. The molecule has 0 aliphatic carbocycles. The van der Waals surface area contributed by atoms with E-state index >= 15 is 0 Å². The minimum absolute atomic E-state index is 0.0975. The third-order valence-corrected chi connectivity index (χ3v) is 4.99. The Morgan fingerprint density at radius 2 is 1.60 bits per heavy atom. The Kier molecular flexibility index (Phi) is 9.90. The maximum absolute atomic E-state index is 13.0. The highest BCUT2D eigenvalue weighted by atomic mass is 16.4. The van der Waals surface area contributed by atoms with Gasteiger partial charge in [0.1, 0.15) is 18.1 Å². The first-order valence-electron chi connectivity index (χ1n) is 10.7. The molecule has 0 fully saturated rings. The standard InChI is InChI=1S/C22H28N6O7/c1-12(19(31)28-17(22(34)35)9-18(29)30)26-21(33)16(7-13-5-3-2-4-6-13)27-20(32)15(23)8-14-10-24-11-25-14/h2-6,10-12,15-17H,7-9,23H2,1H3,(H,24,25)(H,26,33)(H,27,32)(H,28,31)(H,29,30)(H,34,35). The Morgan fingerprint density at radius 1 is 0.943 bits per heavy atom. The summed E-state index contributed by atoms with van der Waals surface area (Å²) in [5.41, 5.74) is 7.33. The summed E-state index contributed by atoms with van der Waals surface area (Å²) in [6, 6.07) is 3.89. The van der Waals surface area contributed by atoms with Gasteiger partial charge in [-0.1, -0.05) is 30.3 Å². The summed E-state index contributed by atoms with van der Waals surface area (Å²) >= 11 is 0. The number of carboxylic acid groups (broad SMARTS) is 2. The average molecular weight is 489 g/mol. The van der Waals surface area contributed by atoms with Gasteiger partial charge in [-0.05, 0) is 12.5 Å². The minimum Gasteiger partial charge on any atom is -0.481 e. The molecule has 35 heavy (non-hydrogen) atoms. The second kappa shape index (κ2) is 12.8. The average Bonchev–Trinajstić information content (AvgIpc) is 3.31. The number of imidazole rings is 1. The number of nitrogens with zero attached hydrogens (tertiary/aromatic N) is 1. The molecular weight excluding hydrogens is 460 g/mol.